The molecule has 0 unspecified atom stereocenters. The largest absolute Gasteiger partial charge is 0.434 e. The van der Waals surface area contributed by atoms with Crippen LogP contribution in [0.15, 0.2) is 64.6 Å². The van der Waals surface area contributed by atoms with Crippen molar-refractivity contribution in [2.75, 3.05) is 5.01 Å². The number of halogens is 2. The number of anilines is 1. The van der Waals surface area contributed by atoms with Crippen LogP contribution >= 0.6 is 23.2 Å². The molecule has 0 saturated heterocycles. The minimum Gasteiger partial charge on any atom is -0.434 e. The highest BCUT2D eigenvalue weighted by Crippen LogP contribution is 2.40. The molecule has 2 aliphatic rings. The van der Waals surface area contributed by atoms with Gasteiger partial charge in [0.2, 0.25) is 5.88 Å². The van der Waals surface area contributed by atoms with Gasteiger partial charge >= 0.3 is 6.03 Å². The van der Waals surface area contributed by atoms with Gasteiger partial charge in [-0.15, -0.1) is 10.2 Å². The number of hydrogen-bond donors (Lipinski definition) is 3. The third-order valence-corrected chi connectivity index (χ3v) is 6.26. The van der Waals surface area contributed by atoms with E-state index in [9.17, 15) is 9.59 Å². The zero-order valence-electron chi connectivity index (χ0n) is 17.6. The lowest BCUT2D eigenvalue weighted by atomic mass is 9.98. The van der Waals surface area contributed by atoms with Crippen molar-refractivity contribution in [2.24, 2.45) is 10.8 Å². The summed E-state index contributed by atoms with van der Waals surface area (Å²) in [6, 6.07) is 12.1. The summed E-state index contributed by atoms with van der Waals surface area (Å²) in [5.41, 5.74) is 8.96. The lowest BCUT2D eigenvalue weighted by Crippen LogP contribution is -2.45. The molecule has 0 atom stereocenters. The van der Waals surface area contributed by atoms with E-state index in [2.05, 4.69) is 39.3 Å². The van der Waals surface area contributed by atoms with Crippen LogP contribution in [0.2, 0.25) is 10.0 Å². The number of carbonyl (C=O) groups is 1. The number of nitrogens with two attached hydrogens (primary N) is 1. The van der Waals surface area contributed by atoms with Gasteiger partial charge in [0.25, 0.3) is 5.56 Å². The van der Waals surface area contributed by atoms with Crippen LogP contribution in [0.3, 0.4) is 0 Å². The molecule has 5 rings (SSSR count). The number of aromatic amines is 1. The van der Waals surface area contributed by atoms with Gasteiger partial charge in [0.1, 0.15) is 0 Å². The zero-order valence-corrected chi connectivity index (χ0v) is 19.2. The Hall–Kier alpha value is -3.82. The van der Waals surface area contributed by atoms with Crippen molar-refractivity contribution in [3.63, 3.8) is 0 Å². The van der Waals surface area contributed by atoms with Gasteiger partial charge in [-0.2, -0.15) is 5.01 Å². The number of rotatable bonds is 4. The lowest BCUT2D eigenvalue weighted by molar-refractivity contribution is 0.248. The van der Waals surface area contributed by atoms with Crippen LogP contribution in [0.25, 0.3) is 0 Å². The first-order valence-corrected chi connectivity index (χ1v) is 11.0. The topological polar surface area (TPSA) is 126 Å². The van der Waals surface area contributed by atoms with Gasteiger partial charge in [-0.1, -0.05) is 54.0 Å². The Labute approximate surface area is 203 Å². The van der Waals surface area contributed by atoms with E-state index in [1.807, 2.05) is 12.1 Å². The SMILES string of the molecule is C=C1NC(=O)N(c2cc(Cl)c(Oc3cc(C4Cc5ccccc5C4)c(=O)[nH]n3)c(Cl)c2)N=C1N. The molecule has 0 fully saturated rings. The normalized spacial score (nSPS) is 15.7. The average molecular weight is 497 g/mol. The van der Waals surface area contributed by atoms with Crippen molar-refractivity contribution >= 4 is 40.8 Å². The summed E-state index contributed by atoms with van der Waals surface area (Å²) in [5.74, 6) is 0.309. The molecular formula is C23H18Cl2N6O3. The molecule has 0 bridgehead atoms. The molecule has 3 aromatic rings. The molecule has 2 aromatic carbocycles. The number of urea groups is 1. The van der Waals surface area contributed by atoms with Crippen molar-refractivity contribution in [2.45, 2.75) is 18.8 Å². The maximum atomic E-state index is 12.5. The number of fused-ring (bicyclic) bond motifs is 1. The first-order valence-electron chi connectivity index (χ1n) is 10.3. The average Bonchev–Trinajstić information content (AvgIpc) is 3.23. The molecule has 4 N–H and O–H groups in total. The van der Waals surface area contributed by atoms with Gasteiger partial charge in [-0.05, 0) is 42.0 Å². The molecule has 9 nitrogen and oxygen atoms in total. The second-order valence-corrected chi connectivity index (χ2v) is 8.73. The van der Waals surface area contributed by atoms with Crippen LogP contribution in [-0.4, -0.2) is 22.1 Å². The van der Waals surface area contributed by atoms with E-state index in [1.54, 1.807) is 6.07 Å². The van der Waals surface area contributed by atoms with Gasteiger partial charge in [0.05, 0.1) is 21.4 Å². The highest BCUT2D eigenvalue weighted by molar-refractivity contribution is 6.37. The van der Waals surface area contributed by atoms with Crippen LogP contribution in [0.4, 0.5) is 10.5 Å². The van der Waals surface area contributed by atoms with E-state index < -0.39 is 6.03 Å². The van der Waals surface area contributed by atoms with Gasteiger partial charge in [0, 0.05) is 11.6 Å². The quantitative estimate of drug-likeness (QED) is 0.501. The summed E-state index contributed by atoms with van der Waals surface area (Å²) < 4.78 is 5.84. The van der Waals surface area contributed by atoms with Crippen LogP contribution in [0.1, 0.15) is 22.6 Å². The van der Waals surface area contributed by atoms with E-state index in [0.717, 1.165) is 17.9 Å². The number of nitrogens with one attached hydrogen (secondary N) is 2. The number of aromatic nitrogens is 2. The zero-order chi connectivity index (χ0) is 24.0. The van der Waals surface area contributed by atoms with Crippen molar-refractivity contribution in [3.05, 3.63) is 91.8 Å². The summed E-state index contributed by atoms with van der Waals surface area (Å²) in [7, 11) is 0. The predicted molar refractivity (Wildman–Crippen MR) is 130 cm³/mol. The minimum atomic E-state index is -0.565. The number of ether oxygens (including phenoxy) is 1. The number of hydrazone groups is 1. The number of carbonyl (C=O) groups excluding carboxylic acids is 1. The van der Waals surface area contributed by atoms with Gasteiger partial charge < -0.3 is 15.8 Å². The van der Waals surface area contributed by atoms with Crippen LogP contribution in [0, 0.1) is 0 Å². The minimum absolute atomic E-state index is 0.00973. The maximum Gasteiger partial charge on any atom is 0.347 e. The second-order valence-electron chi connectivity index (χ2n) is 7.91. The van der Waals surface area contributed by atoms with Crippen molar-refractivity contribution in [1.29, 1.82) is 0 Å². The van der Waals surface area contributed by atoms with Crippen molar-refractivity contribution in [3.8, 4) is 11.6 Å². The number of nitrogens with zero attached hydrogens (tertiary/aromatic N) is 3. The predicted octanol–water partition coefficient (Wildman–Crippen LogP) is 4.07. The molecule has 2 amide bonds. The molecule has 1 aromatic heterocycles. The Morgan fingerprint density at radius 3 is 2.38 bits per heavy atom. The number of hydrogen-bond acceptors (Lipinski definition) is 6. The smallest absolute Gasteiger partial charge is 0.347 e. The summed E-state index contributed by atoms with van der Waals surface area (Å²) in [6.07, 6.45) is 1.51. The second kappa shape index (κ2) is 8.51. The van der Waals surface area contributed by atoms with Crippen LogP contribution < -0.4 is 26.4 Å². The van der Waals surface area contributed by atoms with E-state index >= 15 is 0 Å². The Kier molecular flexibility index (Phi) is 5.51. The number of benzene rings is 2. The van der Waals surface area contributed by atoms with Gasteiger partial charge in [-0.3, -0.25) is 4.79 Å². The summed E-state index contributed by atoms with van der Waals surface area (Å²) in [4.78, 5) is 24.8. The third-order valence-electron chi connectivity index (χ3n) is 5.70. The third kappa shape index (κ3) is 4.00. The highest BCUT2D eigenvalue weighted by Gasteiger charge is 2.27. The molecule has 0 radical (unpaired) electrons. The van der Waals surface area contributed by atoms with E-state index in [4.69, 9.17) is 33.7 Å². The van der Waals surface area contributed by atoms with Crippen molar-refractivity contribution in [1.82, 2.24) is 15.5 Å². The van der Waals surface area contributed by atoms with Crippen LogP contribution in [-0.2, 0) is 12.8 Å². The van der Waals surface area contributed by atoms with Crippen LogP contribution in [0.5, 0.6) is 11.6 Å². The fourth-order valence-electron chi connectivity index (χ4n) is 4.04. The molecule has 34 heavy (non-hydrogen) atoms. The van der Waals surface area contributed by atoms with E-state index in [0.29, 0.717) is 5.56 Å². The molecule has 11 heteroatoms. The number of amidine groups is 1. The van der Waals surface area contributed by atoms with E-state index in [1.165, 1.54) is 23.3 Å². The fraction of sp³-hybridized carbons (Fsp3) is 0.130. The molecule has 0 saturated carbocycles. The Balaban J connectivity index is 1.42. The standard InChI is InChI=1S/C23H18Cl2N6O3/c1-11-21(26)30-31(23(33)27-11)15-8-17(24)20(18(25)9-15)34-19-10-16(22(32)29-28-19)14-6-12-4-2-3-5-13(12)7-14/h2-5,8-10,14H,1,6-7H2,(H2,26,30)(H,27,33)(H,29,32). The number of amides is 2. The molecule has 1 aliphatic carbocycles. The first-order chi connectivity index (χ1) is 16.3. The Bertz CT molecular complexity index is 1390. The summed E-state index contributed by atoms with van der Waals surface area (Å²) in [5, 5.41) is 14.2. The molecule has 1 aliphatic heterocycles. The summed E-state index contributed by atoms with van der Waals surface area (Å²) in [6.45, 7) is 3.60. The number of H-pyrrole nitrogens is 1. The van der Waals surface area contributed by atoms with E-state index in [-0.39, 0.29) is 50.4 Å². The summed E-state index contributed by atoms with van der Waals surface area (Å²) >= 11 is 12.8. The highest BCUT2D eigenvalue weighted by atomic mass is 35.5. The monoisotopic (exact) mass is 496 g/mol. The van der Waals surface area contributed by atoms with Gasteiger partial charge in [-0.25, -0.2) is 9.89 Å². The fourth-order valence-corrected chi connectivity index (χ4v) is 4.59. The lowest BCUT2D eigenvalue weighted by Gasteiger charge is -2.24. The Morgan fingerprint density at radius 1 is 1.09 bits per heavy atom. The molecule has 0 spiro atoms. The maximum absolute atomic E-state index is 12.5. The molecular weight excluding hydrogens is 479 g/mol. The van der Waals surface area contributed by atoms with Gasteiger partial charge in [0.15, 0.2) is 11.6 Å². The molecule has 2 heterocycles. The molecule has 172 valence electrons. The Morgan fingerprint density at radius 2 is 1.74 bits per heavy atom. The van der Waals surface area contributed by atoms with Crippen molar-refractivity contribution < 1.29 is 9.53 Å². The first kappa shape index (κ1) is 22.0.